The summed E-state index contributed by atoms with van der Waals surface area (Å²) in [5.74, 6) is -0.859. The molecule has 1 saturated carbocycles. The second kappa shape index (κ2) is 4.55. The molecule has 2 rings (SSSR count). The Morgan fingerprint density at radius 1 is 1.56 bits per heavy atom. The van der Waals surface area contributed by atoms with E-state index in [-0.39, 0.29) is 18.0 Å². The first-order valence-corrected chi connectivity index (χ1v) is 6.45. The third-order valence-electron chi connectivity index (χ3n) is 3.24. The molecular weight excluding hydrogens is 222 g/mol. The maximum atomic E-state index is 10.9. The van der Waals surface area contributed by atoms with Crippen molar-refractivity contribution in [1.29, 1.82) is 0 Å². The monoisotopic (exact) mass is 239 g/mol. The third kappa shape index (κ3) is 2.28. The average Bonchev–Trinajstić information content (AvgIpc) is 2.58. The molecule has 0 bridgehead atoms. The fourth-order valence-corrected chi connectivity index (χ4v) is 2.97. The summed E-state index contributed by atoms with van der Waals surface area (Å²) in [5.41, 5.74) is 0. The predicted molar refractivity (Wildman–Crippen MR) is 64.8 cm³/mol. The molecule has 0 aliphatic heterocycles. The maximum absolute atomic E-state index is 10.9. The fraction of sp³-hybridized carbons (Fsp3) is 0.583. The van der Waals surface area contributed by atoms with E-state index in [0.717, 1.165) is 12.8 Å². The van der Waals surface area contributed by atoms with Gasteiger partial charge in [0.2, 0.25) is 0 Å². The average molecular weight is 239 g/mol. The number of carboxylic acids is 1. The van der Waals surface area contributed by atoms with Crippen molar-refractivity contribution in [1.82, 2.24) is 5.32 Å². The fourth-order valence-electron chi connectivity index (χ4n) is 2.08. The Kier molecular flexibility index (Phi) is 3.30. The molecule has 0 radical (unpaired) electrons. The van der Waals surface area contributed by atoms with E-state index in [1.807, 2.05) is 0 Å². The minimum Gasteiger partial charge on any atom is -0.481 e. The van der Waals surface area contributed by atoms with Crippen molar-refractivity contribution in [2.75, 3.05) is 0 Å². The lowest BCUT2D eigenvalue weighted by Crippen LogP contribution is -2.48. The Labute approximate surface area is 99.5 Å². The van der Waals surface area contributed by atoms with Crippen LogP contribution in [-0.2, 0) is 4.79 Å². The van der Waals surface area contributed by atoms with Crippen molar-refractivity contribution >= 4 is 17.3 Å². The first-order valence-electron chi connectivity index (χ1n) is 5.63. The Morgan fingerprint density at radius 3 is 2.75 bits per heavy atom. The lowest BCUT2D eigenvalue weighted by molar-refractivity contribution is -0.146. The van der Waals surface area contributed by atoms with E-state index in [9.17, 15) is 4.79 Å². The van der Waals surface area contributed by atoms with Crippen LogP contribution in [0.4, 0.5) is 0 Å². The molecule has 3 atom stereocenters. The number of aryl methyl sites for hydroxylation is 1. The quantitative estimate of drug-likeness (QED) is 0.849. The van der Waals surface area contributed by atoms with Gasteiger partial charge in [-0.2, -0.15) is 0 Å². The SMILES string of the molecule is Cc1ccc(C(C)NC2CCC2C(=O)O)s1. The highest BCUT2D eigenvalue weighted by Gasteiger charge is 2.37. The van der Waals surface area contributed by atoms with Crippen LogP contribution in [0, 0.1) is 12.8 Å². The minimum absolute atomic E-state index is 0.148. The lowest BCUT2D eigenvalue weighted by Gasteiger charge is -2.36. The molecule has 4 heteroatoms. The summed E-state index contributed by atoms with van der Waals surface area (Å²) in [6, 6.07) is 4.63. The molecule has 1 aliphatic carbocycles. The summed E-state index contributed by atoms with van der Waals surface area (Å²) in [7, 11) is 0. The molecule has 1 aromatic heterocycles. The van der Waals surface area contributed by atoms with E-state index < -0.39 is 5.97 Å². The summed E-state index contributed by atoms with van der Waals surface area (Å²) >= 11 is 1.77. The van der Waals surface area contributed by atoms with Gasteiger partial charge in [0.15, 0.2) is 0 Å². The number of aliphatic carboxylic acids is 1. The van der Waals surface area contributed by atoms with E-state index in [4.69, 9.17) is 5.11 Å². The molecule has 2 N–H and O–H groups in total. The van der Waals surface area contributed by atoms with Crippen LogP contribution >= 0.6 is 11.3 Å². The first kappa shape index (κ1) is 11.6. The van der Waals surface area contributed by atoms with Crippen molar-refractivity contribution in [2.24, 2.45) is 5.92 Å². The number of hydrogen-bond donors (Lipinski definition) is 2. The lowest BCUT2D eigenvalue weighted by atomic mass is 9.79. The Morgan fingerprint density at radius 2 is 2.31 bits per heavy atom. The zero-order valence-corrected chi connectivity index (χ0v) is 10.4. The van der Waals surface area contributed by atoms with E-state index >= 15 is 0 Å². The van der Waals surface area contributed by atoms with Crippen molar-refractivity contribution in [3.63, 3.8) is 0 Å². The molecule has 0 amide bonds. The molecule has 1 heterocycles. The van der Waals surface area contributed by atoms with Gasteiger partial charge in [0.25, 0.3) is 0 Å². The summed E-state index contributed by atoms with van der Waals surface area (Å²) in [4.78, 5) is 13.5. The zero-order valence-electron chi connectivity index (χ0n) is 9.56. The van der Waals surface area contributed by atoms with Gasteiger partial charge in [0, 0.05) is 21.8 Å². The standard InChI is InChI=1S/C12H17NO2S/c1-7-3-6-11(16-7)8(2)13-10-5-4-9(10)12(14)15/h3,6,8-10,13H,4-5H2,1-2H3,(H,14,15). The van der Waals surface area contributed by atoms with Crippen LogP contribution in [-0.4, -0.2) is 17.1 Å². The third-order valence-corrected chi connectivity index (χ3v) is 4.43. The molecule has 3 unspecified atom stereocenters. The molecule has 0 saturated heterocycles. The molecular formula is C12H17NO2S. The molecule has 3 nitrogen and oxygen atoms in total. The van der Waals surface area contributed by atoms with Crippen molar-refractivity contribution < 1.29 is 9.90 Å². The molecule has 1 aromatic rings. The van der Waals surface area contributed by atoms with Crippen LogP contribution in [0.1, 0.15) is 35.6 Å². The van der Waals surface area contributed by atoms with Gasteiger partial charge in [-0.3, -0.25) is 4.79 Å². The van der Waals surface area contributed by atoms with Gasteiger partial charge in [-0.25, -0.2) is 0 Å². The highest BCUT2D eigenvalue weighted by Crippen LogP contribution is 2.31. The van der Waals surface area contributed by atoms with Crippen LogP contribution in [0.25, 0.3) is 0 Å². The molecule has 1 aliphatic rings. The van der Waals surface area contributed by atoms with Crippen LogP contribution in [0.3, 0.4) is 0 Å². The number of carbonyl (C=O) groups is 1. The van der Waals surface area contributed by atoms with Gasteiger partial charge >= 0.3 is 5.97 Å². The normalized spacial score (nSPS) is 26.1. The largest absolute Gasteiger partial charge is 0.481 e. The summed E-state index contributed by atoms with van der Waals surface area (Å²) in [5, 5.41) is 12.4. The highest BCUT2D eigenvalue weighted by atomic mass is 32.1. The smallest absolute Gasteiger partial charge is 0.308 e. The number of rotatable bonds is 4. The molecule has 16 heavy (non-hydrogen) atoms. The van der Waals surface area contributed by atoms with Gasteiger partial charge < -0.3 is 10.4 Å². The van der Waals surface area contributed by atoms with Crippen LogP contribution in [0.2, 0.25) is 0 Å². The number of carboxylic acid groups (broad SMARTS) is 1. The molecule has 0 aromatic carbocycles. The van der Waals surface area contributed by atoms with Gasteiger partial charge in [-0.15, -0.1) is 11.3 Å². The van der Waals surface area contributed by atoms with E-state index in [1.54, 1.807) is 11.3 Å². The van der Waals surface area contributed by atoms with E-state index in [2.05, 4.69) is 31.3 Å². The number of thiophene rings is 1. The minimum atomic E-state index is -0.668. The van der Waals surface area contributed by atoms with Crippen LogP contribution in [0.5, 0.6) is 0 Å². The number of hydrogen-bond acceptors (Lipinski definition) is 3. The second-order valence-electron chi connectivity index (χ2n) is 4.47. The van der Waals surface area contributed by atoms with E-state index in [0.29, 0.717) is 0 Å². The summed E-state index contributed by atoms with van der Waals surface area (Å²) < 4.78 is 0. The van der Waals surface area contributed by atoms with Crippen molar-refractivity contribution in [3.05, 3.63) is 21.9 Å². The summed E-state index contributed by atoms with van der Waals surface area (Å²) in [6.45, 7) is 4.19. The van der Waals surface area contributed by atoms with Crippen LogP contribution < -0.4 is 5.32 Å². The van der Waals surface area contributed by atoms with Gasteiger partial charge in [0.1, 0.15) is 0 Å². The van der Waals surface area contributed by atoms with Gasteiger partial charge in [0.05, 0.1) is 5.92 Å². The Bertz CT molecular complexity index is 388. The first-order chi connectivity index (χ1) is 7.58. The van der Waals surface area contributed by atoms with Crippen molar-refractivity contribution in [2.45, 2.75) is 38.8 Å². The zero-order chi connectivity index (χ0) is 11.7. The molecule has 88 valence electrons. The predicted octanol–water partition coefficient (Wildman–Crippen LogP) is 2.57. The molecule has 0 spiro atoms. The second-order valence-corrected chi connectivity index (χ2v) is 5.78. The Hall–Kier alpha value is -0.870. The van der Waals surface area contributed by atoms with Crippen molar-refractivity contribution in [3.8, 4) is 0 Å². The van der Waals surface area contributed by atoms with E-state index in [1.165, 1.54) is 9.75 Å². The number of nitrogens with one attached hydrogen (secondary N) is 1. The van der Waals surface area contributed by atoms with Gasteiger partial charge in [-0.1, -0.05) is 0 Å². The highest BCUT2D eigenvalue weighted by molar-refractivity contribution is 7.12. The Balaban J connectivity index is 1.93. The molecule has 1 fully saturated rings. The van der Waals surface area contributed by atoms with Crippen LogP contribution in [0.15, 0.2) is 12.1 Å². The summed E-state index contributed by atoms with van der Waals surface area (Å²) in [6.07, 6.45) is 1.79. The maximum Gasteiger partial charge on any atom is 0.308 e. The van der Waals surface area contributed by atoms with Gasteiger partial charge in [-0.05, 0) is 38.8 Å². The topological polar surface area (TPSA) is 49.3 Å².